The first-order chi connectivity index (χ1) is 16.8. The summed E-state index contributed by atoms with van der Waals surface area (Å²) < 4.78 is 11.1. The Bertz CT molecular complexity index is 1070. The van der Waals surface area contributed by atoms with E-state index < -0.39 is 17.7 Å². The Labute approximate surface area is 205 Å². The fourth-order valence-corrected chi connectivity index (χ4v) is 4.52. The molecule has 0 radical (unpaired) electrons. The number of likely N-dealkylation sites (tertiary alicyclic amines) is 1. The Morgan fingerprint density at radius 3 is 2.31 bits per heavy atom. The summed E-state index contributed by atoms with van der Waals surface area (Å²) in [5.41, 5.74) is 1.12. The molecule has 2 N–H and O–H groups in total. The Balaban J connectivity index is 1.64. The van der Waals surface area contributed by atoms with Crippen LogP contribution in [0.5, 0.6) is 11.5 Å². The molecule has 1 unspecified atom stereocenters. The van der Waals surface area contributed by atoms with E-state index in [0.29, 0.717) is 43.1 Å². The highest BCUT2D eigenvalue weighted by molar-refractivity contribution is 6.46. The van der Waals surface area contributed by atoms with Crippen molar-refractivity contribution in [3.8, 4) is 11.5 Å². The number of aliphatic hydroxyl groups is 1. The highest BCUT2D eigenvalue weighted by atomic mass is 16.5. The van der Waals surface area contributed by atoms with Crippen molar-refractivity contribution in [3.63, 3.8) is 0 Å². The number of benzene rings is 2. The van der Waals surface area contributed by atoms with Gasteiger partial charge in [-0.25, -0.2) is 0 Å². The summed E-state index contributed by atoms with van der Waals surface area (Å²) >= 11 is 0. The number of nitrogens with zero attached hydrogens (tertiary/aromatic N) is 2. The molecule has 35 heavy (non-hydrogen) atoms. The van der Waals surface area contributed by atoms with Crippen LogP contribution in [0.15, 0.2) is 54.1 Å². The summed E-state index contributed by atoms with van der Waals surface area (Å²) in [6.07, 6.45) is 0.690. The molecule has 2 aliphatic rings. The smallest absolute Gasteiger partial charge is 0.295 e. The van der Waals surface area contributed by atoms with Gasteiger partial charge in [-0.2, -0.15) is 0 Å². The van der Waals surface area contributed by atoms with E-state index in [4.69, 9.17) is 9.47 Å². The first-order valence-electron chi connectivity index (χ1n) is 12.0. The molecule has 0 aromatic heterocycles. The van der Waals surface area contributed by atoms with Gasteiger partial charge >= 0.3 is 0 Å². The number of rotatable bonds is 8. The maximum Gasteiger partial charge on any atom is 0.295 e. The van der Waals surface area contributed by atoms with Gasteiger partial charge in [-0.3, -0.25) is 14.5 Å². The second kappa shape index (κ2) is 10.9. The number of morpholine rings is 1. The monoisotopic (exact) mass is 480 g/mol. The van der Waals surface area contributed by atoms with E-state index in [0.717, 1.165) is 19.6 Å². The molecule has 186 valence electrons. The fourth-order valence-electron chi connectivity index (χ4n) is 4.52. The summed E-state index contributed by atoms with van der Waals surface area (Å²) in [5, 5.41) is 20.9. The molecular formula is C27H32N2O6. The normalized spacial score (nSPS) is 20.5. The summed E-state index contributed by atoms with van der Waals surface area (Å²) in [6.45, 7) is 8.07. The van der Waals surface area contributed by atoms with Crippen LogP contribution >= 0.6 is 0 Å². The zero-order chi connectivity index (χ0) is 24.9. The Morgan fingerprint density at radius 2 is 1.69 bits per heavy atom. The lowest BCUT2D eigenvalue weighted by atomic mass is 9.95. The fraction of sp³-hybridized carbons (Fsp3) is 0.407. The standard InChI is InChI=1S/C27H32N2O6/c1-18(2)35-22-10-6-20(7-11-22)25(31)23-24(19-4-8-21(30)9-5-19)29(27(33)26(23)32)13-3-12-28-14-16-34-17-15-28/h4-11,18,24,30-31H,3,12-17H2,1-2H3/b25-23-. The molecule has 2 fully saturated rings. The first-order valence-corrected chi connectivity index (χ1v) is 12.0. The summed E-state index contributed by atoms with van der Waals surface area (Å²) in [4.78, 5) is 30.0. The lowest BCUT2D eigenvalue weighted by Gasteiger charge is -2.29. The molecule has 2 aromatic rings. The third-order valence-electron chi connectivity index (χ3n) is 6.23. The molecule has 8 nitrogen and oxygen atoms in total. The molecule has 0 saturated carbocycles. The van der Waals surface area contributed by atoms with Gasteiger partial charge in [-0.1, -0.05) is 12.1 Å². The SMILES string of the molecule is CC(C)Oc1ccc(/C(O)=C2/C(=O)C(=O)N(CCCN3CCOCC3)C2c2ccc(O)cc2)cc1. The maximum atomic E-state index is 13.1. The predicted molar refractivity (Wildman–Crippen MR) is 131 cm³/mol. The third kappa shape index (κ3) is 5.66. The molecule has 0 aliphatic carbocycles. The Kier molecular flexibility index (Phi) is 7.73. The lowest BCUT2D eigenvalue weighted by Crippen LogP contribution is -2.38. The van der Waals surface area contributed by atoms with Crippen molar-refractivity contribution in [1.82, 2.24) is 9.80 Å². The minimum Gasteiger partial charge on any atom is -0.508 e. The molecule has 2 aliphatic heterocycles. The zero-order valence-electron chi connectivity index (χ0n) is 20.1. The summed E-state index contributed by atoms with van der Waals surface area (Å²) in [5.74, 6) is -0.844. The van der Waals surface area contributed by atoms with Crippen molar-refractivity contribution in [1.29, 1.82) is 0 Å². The van der Waals surface area contributed by atoms with E-state index in [2.05, 4.69) is 4.90 Å². The molecule has 4 rings (SSSR count). The van der Waals surface area contributed by atoms with Crippen LogP contribution < -0.4 is 4.74 Å². The van der Waals surface area contributed by atoms with Crippen LogP contribution in [-0.4, -0.2) is 77.2 Å². The highest BCUT2D eigenvalue weighted by Crippen LogP contribution is 2.40. The van der Waals surface area contributed by atoms with Gasteiger partial charge in [0.25, 0.3) is 11.7 Å². The molecule has 0 spiro atoms. The van der Waals surface area contributed by atoms with Crippen LogP contribution in [0.4, 0.5) is 0 Å². The van der Waals surface area contributed by atoms with Crippen molar-refractivity contribution in [3.05, 3.63) is 65.2 Å². The van der Waals surface area contributed by atoms with Crippen molar-refractivity contribution in [2.24, 2.45) is 0 Å². The number of carbonyl (C=O) groups excluding carboxylic acids is 2. The largest absolute Gasteiger partial charge is 0.508 e. The molecule has 8 heteroatoms. The Morgan fingerprint density at radius 1 is 1.03 bits per heavy atom. The number of phenolic OH excluding ortho intramolecular Hbond substituents is 1. The first kappa shape index (κ1) is 24.8. The third-order valence-corrected chi connectivity index (χ3v) is 6.23. The summed E-state index contributed by atoms with van der Waals surface area (Å²) in [7, 11) is 0. The number of aliphatic hydroxyl groups excluding tert-OH is 1. The minimum atomic E-state index is -0.744. The number of amides is 1. The number of phenols is 1. The number of ketones is 1. The number of aromatic hydroxyl groups is 1. The number of carbonyl (C=O) groups is 2. The molecule has 1 atom stereocenters. The van der Waals surface area contributed by atoms with Gasteiger partial charge in [0.05, 0.1) is 30.9 Å². The van der Waals surface area contributed by atoms with Gasteiger partial charge in [0, 0.05) is 31.7 Å². The van der Waals surface area contributed by atoms with E-state index in [9.17, 15) is 19.8 Å². The molecule has 2 heterocycles. The van der Waals surface area contributed by atoms with Gasteiger partial charge in [0.15, 0.2) is 0 Å². The molecule has 2 aromatic carbocycles. The van der Waals surface area contributed by atoms with Gasteiger partial charge in [-0.15, -0.1) is 0 Å². The van der Waals surface area contributed by atoms with Crippen molar-refractivity contribution >= 4 is 17.4 Å². The molecular weight excluding hydrogens is 448 g/mol. The van der Waals surface area contributed by atoms with E-state index in [1.54, 1.807) is 36.4 Å². The van der Waals surface area contributed by atoms with Gasteiger partial charge in [-0.05, 0) is 62.2 Å². The van der Waals surface area contributed by atoms with Crippen LogP contribution in [0.1, 0.15) is 37.4 Å². The van der Waals surface area contributed by atoms with Gasteiger partial charge in [0.1, 0.15) is 17.3 Å². The van der Waals surface area contributed by atoms with Crippen LogP contribution in [0.25, 0.3) is 5.76 Å². The second-order valence-corrected chi connectivity index (χ2v) is 9.08. The van der Waals surface area contributed by atoms with Crippen molar-refractivity contribution < 1.29 is 29.3 Å². The topological polar surface area (TPSA) is 99.5 Å². The lowest BCUT2D eigenvalue weighted by molar-refractivity contribution is -0.140. The highest BCUT2D eigenvalue weighted by Gasteiger charge is 2.45. The number of hydrogen-bond donors (Lipinski definition) is 2. The van der Waals surface area contributed by atoms with E-state index >= 15 is 0 Å². The number of Topliss-reactive ketones (excluding diaryl/α,β-unsaturated/α-hetero) is 1. The minimum absolute atomic E-state index is 0.00623. The van der Waals surface area contributed by atoms with Crippen LogP contribution in [0.3, 0.4) is 0 Å². The predicted octanol–water partition coefficient (Wildman–Crippen LogP) is 3.32. The number of ether oxygens (including phenoxy) is 2. The Hall–Kier alpha value is -3.36. The average molecular weight is 481 g/mol. The van der Waals surface area contributed by atoms with Crippen LogP contribution in [-0.2, 0) is 14.3 Å². The van der Waals surface area contributed by atoms with E-state index in [1.165, 1.54) is 17.0 Å². The van der Waals surface area contributed by atoms with Crippen molar-refractivity contribution in [2.45, 2.75) is 32.4 Å². The molecule has 1 amide bonds. The van der Waals surface area contributed by atoms with Gasteiger partial charge < -0.3 is 24.6 Å². The van der Waals surface area contributed by atoms with E-state index in [1.807, 2.05) is 13.8 Å². The average Bonchev–Trinajstić information content (AvgIpc) is 3.10. The quantitative estimate of drug-likeness (QED) is 0.340. The molecule has 2 saturated heterocycles. The van der Waals surface area contributed by atoms with Crippen molar-refractivity contribution in [2.75, 3.05) is 39.4 Å². The summed E-state index contributed by atoms with van der Waals surface area (Å²) in [6, 6.07) is 12.4. The second-order valence-electron chi connectivity index (χ2n) is 9.08. The molecule has 0 bridgehead atoms. The zero-order valence-corrected chi connectivity index (χ0v) is 20.1. The van der Waals surface area contributed by atoms with E-state index in [-0.39, 0.29) is 23.2 Å². The van der Waals surface area contributed by atoms with Crippen LogP contribution in [0, 0.1) is 0 Å². The number of hydrogen-bond acceptors (Lipinski definition) is 7. The maximum absolute atomic E-state index is 13.1. The van der Waals surface area contributed by atoms with Crippen LogP contribution in [0.2, 0.25) is 0 Å². The van der Waals surface area contributed by atoms with Gasteiger partial charge in [0.2, 0.25) is 0 Å².